The zero-order valence-corrected chi connectivity index (χ0v) is 15.6. The van der Waals surface area contributed by atoms with Crippen molar-refractivity contribution in [2.24, 2.45) is 0 Å². The lowest BCUT2D eigenvalue weighted by atomic mass is 9.88. The van der Waals surface area contributed by atoms with Crippen molar-refractivity contribution in [3.8, 4) is 0 Å². The van der Waals surface area contributed by atoms with Crippen LogP contribution in [0.2, 0.25) is 0 Å². The number of benzene rings is 2. The number of rotatable bonds is 4. The van der Waals surface area contributed by atoms with Crippen LogP contribution in [0.3, 0.4) is 0 Å². The van der Waals surface area contributed by atoms with Crippen molar-refractivity contribution in [1.82, 2.24) is 10.2 Å². The molecular formula is C20H17F2N3O4. The molecule has 9 heteroatoms. The molecule has 1 saturated heterocycles. The van der Waals surface area contributed by atoms with E-state index >= 15 is 0 Å². The van der Waals surface area contributed by atoms with Gasteiger partial charge in [0.25, 0.3) is 17.5 Å². The molecule has 0 radical (unpaired) electrons. The van der Waals surface area contributed by atoms with Gasteiger partial charge in [0.15, 0.2) is 0 Å². The molecule has 150 valence electrons. The number of nitro benzene ring substituents is 1. The molecule has 1 aliphatic heterocycles. The van der Waals surface area contributed by atoms with Crippen molar-refractivity contribution in [3.63, 3.8) is 0 Å². The first-order chi connectivity index (χ1) is 13.6. The fraction of sp³-hybridized carbons (Fsp3) is 0.200. The number of likely N-dealkylation sites (N-methyl/N-ethyl adjacent to an activating group) is 1. The second kappa shape index (κ2) is 7.42. The highest BCUT2D eigenvalue weighted by molar-refractivity contribution is 6.09. The maximum atomic E-state index is 14.2. The van der Waals surface area contributed by atoms with Crippen LogP contribution in [0, 0.1) is 21.7 Å². The molecule has 2 aromatic rings. The molecule has 1 fully saturated rings. The average Bonchev–Trinajstić information content (AvgIpc) is 2.66. The van der Waals surface area contributed by atoms with Gasteiger partial charge in [0.2, 0.25) is 0 Å². The van der Waals surface area contributed by atoms with E-state index in [1.54, 1.807) is 0 Å². The summed E-state index contributed by atoms with van der Waals surface area (Å²) in [6.45, 7) is 1.52. The molecule has 3 rings (SSSR count). The number of piperazine rings is 1. The molecule has 1 heterocycles. The minimum absolute atomic E-state index is 0.106. The maximum absolute atomic E-state index is 14.2. The number of nitro groups is 1. The number of carbonyl (C=O) groups excluding carboxylic acids is 2. The van der Waals surface area contributed by atoms with Crippen molar-refractivity contribution >= 4 is 23.6 Å². The molecule has 29 heavy (non-hydrogen) atoms. The van der Waals surface area contributed by atoms with Crippen LogP contribution in [0.25, 0.3) is 6.08 Å². The summed E-state index contributed by atoms with van der Waals surface area (Å²) in [5, 5.41) is 13.8. The Kier molecular flexibility index (Phi) is 5.15. The smallest absolute Gasteiger partial charge is 0.279 e. The highest BCUT2D eigenvalue weighted by Gasteiger charge is 2.44. The minimum Gasteiger partial charge on any atom is -0.336 e. The van der Waals surface area contributed by atoms with E-state index in [0.717, 1.165) is 23.1 Å². The number of hydrogen-bond donors (Lipinski definition) is 1. The molecule has 0 spiro atoms. The largest absolute Gasteiger partial charge is 0.336 e. The van der Waals surface area contributed by atoms with E-state index in [-0.39, 0.29) is 12.1 Å². The van der Waals surface area contributed by atoms with Crippen LogP contribution in [0.15, 0.2) is 48.2 Å². The number of carbonyl (C=O) groups is 2. The molecule has 1 aliphatic rings. The lowest BCUT2D eigenvalue weighted by Gasteiger charge is -2.39. The van der Waals surface area contributed by atoms with Crippen molar-refractivity contribution in [2.45, 2.75) is 18.9 Å². The summed E-state index contributed by atoms with van der Waals surface area (Å²) in [6.07, 6.45) is 1.09. The predicted octanol–water partition coefficient (Wildman–Crippen LogP) is 2.80. The van der Waals surface area contributed by atoms with Crippen LogP contribution < -0.4 is 5.32 Å². The first kappa shape index (κ1) is 20.1. The Morgan fingerprint density at radius 1 is 1.17 bits per heavy atom. The fourth-order valence-corrected chi connectivity index (χ4v) is 3.26. The molecule has 0 saturated carbocycles. The Balaban J connectivity index is 1.96. The van der Waals surface area contributed by atoms with E-state index in [1.165, 1.54) is 44.3 Å². The second-order valence-corrected chi connectivity index (χ2v) is 6.91. The van der Waals surface area contributed by atoms with Crippen molar-refractivity contribution in [3.05, 3.63) is 81.0 Å². The van der Waals surface area contributed by atoms with Crippen molar-refractivity contribution < 1.29 is 23.3 Å². The SMILES string of the molecule is CN1C(=O)C(C)(Cc2ccc(F)cc2)NC(=O)/C1=C\c1c(F)cccc1[N+](=O)[O-]. The summed E-state index contributed by atoms with van der Waals surface area (Å²) < 4.78 is 27.3. The molecule has 2 aromatic carbocycles. The van der Waals surface area contributed by atoms with Gasteiger partial charge in [-0.25, -0.2) is 8.78 Å². The molecule has 0 aliphatic carbocycles. The number of halogens is 2. The quantitative estimate of drug-likeness (QED) is 0.484. The summed E-state index contributed by atoms with van der Waals surface area (Å²) in [5.74, 6) is -2.49. The van der Waals surface area contributed by atoms with Gasteiger partial charge < -0.3 is 10.2 Å². The topological polar surface area (TPSA) is 92.6 Å². The molecule has 2 amide bonds. The van der Waals surface area contributed by atoms with Crippen LogP contribution in [0.4, 0.5) is 14.5 Å². The molecule has 1 unspecified atom stereocenters. The van der Waals surface area contributed by atoms with Crippen LogP contribution >= 0.6 is 0 Å². The van der Waals surface area contributed by atoms with E-state index < -0.39 is 45.2 Å². The van der Waals surface area contributed by atoms with E-state index in [0.29, 0.717) is 5.56 Å². The molecular weight excluding hydrogens is 384 g/mol. The standard InChI is InChI=1S/C20H17F2N3O4/c1-20(11-12-6-8-13(21)9-7-12)19(27)24(2)17(18(26)23-20)10-14-15(22)4-3-5-16(14)25(28)29/h3-10H,11H2,1-2H3,(H,23,26)/b17-10+. The Morgan fingerprint density at radius 2 is 1.83 bits per heavy atom. The average molecular weight is 401 g/mol. The molecule has 0 aromatic heterocycles. The van der Waals surface area contributed by atoms with Crippen molar-refractivity contribution in [1.29, 1.82) is 0 Å². The van der Waals surface area contributed by atoms with E-state index in [9.17, 15) is 28.5 Å². The predicted molar refractivity (Wildman–Crippen MR) is 100 cm³/mol. The fourth-order valence-electron chi connectivity index (χ4n) is 3.26. The number of amides is 2. The van der Waals surface area contributed by atoms with Gasteiger partial charge in [0, 0.05) is 19.5 Å². The van der Waals surface area contributed by atoms with E-state index in [4.69, 9.17) is 0 Å². The van der Waals surface area contributed by atoms with Gasteiger partial charge in [-0.15, -0.1) is 0 Å². The second-order valence-electron chi connectivity index (χ2n) is 6.91. The van der Waals surface area contributed by atoms with Crippen LogP contribution in [-0.2, 0) is 16.0 Å². The summed E-state index contributed by atoms with van der Waals surface area (Å²) in [6, 6.07) is 8.84. The zero-order chi connectivity index (χ0) is 21.3. The third-order valence-corrected chi connectivity index (χ3v) is 4.74. The third-order valence-electron chi connectivity index (χ3n) is 4.74. The minimum atomic E-state index is -1.32. The van der Waals surface area contributed by atoms with Gasteiger partial charge in [-0.05, 0) is 36.8 Å². The van der Waals surface area contributed by atoms with Crippen molar-refractivity contribution in [2.75, 3.05) is 7.05 Å². The first-order valence-corrected chi connectivity index (χ1v) is 8.62. The number of hydrogen-bond acceptors (Lipinski definition) is 4. The molecule has 1 N–H and O–H groups in total. The Hall–Kier alpha value is -3.62. The Bertz CT molecular complexity index is 1040. The monoisotopic (exact) mass is 401 g/mol. The van der Waals surface area contributed by atoms with Gasteiger partial charge in [-0.1, -0.05) is 18.2 Å². The van der Waals surface area contributed by atoms with Gasteiger partial charge >= 0.3 is 0 Å². The third kappa shape index (κ3) is 3.84. The first-order valence-electron chi connectivity index (χ1n) is 8.62. The van der Waals surface area contributed by atoms with E-state index in [1.807, 2.05) is 0 Å². The van der Waals surface area contributed by atoms with E-state index in [2.05, 4.69) is 5.32 Å². The lowest BCUT2D eigenvalue weighted by molar-refractivity contribution is -0.385. The number of nitrogens with one attached hydrogen (secondary N) is 1. The summed E-state index contributed by atoms with van der Waals surface area (Å²) >= 11 is 0. The normalized spacial score (nSPS) is 20.7. The van der Waals surface area contributed by atoms with Crippen LogP contribution in [0.5, 0.6) is 0 Å². The summed E-state index contributed by atoms with van der Waals surface area (Å²) in [7, 11) is 1.34. The highest BCUT2D eigenvalue weighted by Crippen LogP contribution is 2.28. The Morgan fingerprint density at radius 3 is 2.45 bits per heavy atom. The van der Waals surface area contributed by atoms with Gasteiger partial charge in [-0.3, -0.25) is 19.7 Å². The summed E-state index contributed by atoms with van der Waals surface area (Å²) in [4.78, 5) is 37.1. The van der Waals surface area contributed by atoms with Gasteiger partial charge in [0.05, 0.1) is 10.5 Å². The Labute approximate surface area is 164 Å². The lowest BCUT2D eigenvalue weighted by Crippen LogP contribution is -2.64. The van der Waals surface area contributed by atoms with Crippen LogP contribution in [0.1, 0.15) is 18.1 Å². The number of nitrogens with zero attached hydrogens (tertiary/aromatic N) is 2. The molecule has 1 atom stereocenters. The molecule has 0 bridgehead atoms. The van der Waals surface area contributed by atoms with Crippen LogP contribution in [-0.4, -0.2) is 34.2 Å². The zero-order valence-electron chi connectivity index (χ0n) is 15.6. The maximum Gasteiger partial charge on any atom is 0.279 e. The van der Waals surface area contributed by atoms with Gasteiger partial charge in [0.1, 0.15) is 22.9 Å². The van der Waals surface area contributed by atoms with Gasteiger partial charge in [-0.2, -0.15) is 0 Å². The highest BCUT2D eigenvalue weighted by atomic mass is 19.1. The summed E-state index contributed by atoms with van der Waals surface area (Å²) in [5.41, 5.74) is -1.83. The molecule has 7 nitrogen and oxygen atoms in total.